The lowest BCUT2D eigenvalue weighted by Crippen LogP contribution is -2.44. The molecule has 2 heterocycles. The first kappa shape index (κ1) is 18.9. The number of benzene rings is 3. The molecule has 150 valence electrons. The molecule has 30 heavy (non-hydrogen) atoms. The first-order chi connectivity index (χ1) is 14.6. The van der Waals surface area contributed by atoms with Crippen LogP contribution in [0.2, 0.25) is 0 Å². The van der Waals surface area contributed by atoms with E-state index in [9.17, 15) is 14.7 Å². The third-order valence-corrected chi connectivity index (χ3v) is 7.13. The van der Waals surface area contributed by atoms with Gasteiger partial charge in [0.05, 0.1) is 5.03 Å². The summed E-state index contributed by atoms with van der Waals surface area (Å²) in [5.41, 5.74) is 3.37. The maximum atomic E-state index is 13.0. The van der Waals surface area contributed by atoms with Crippen molar-refractivity contribution in [1.82, 2.24) is 4.90 Å². The largest absolute Gasteiger partial charge is 0.480 e. The number of hydrogen-bond acceptors (Lipinski definition) is 3. The van der Waals surface area contributed by atoms with Crippen LogP contribution in [0.4, 0.5) is 0 Å². The molecular formula is C25H21NO3S. The zero-order chi connectivity index (χ0) is 20.7. The number of hydrogen-bond donors (Lipinski definition) is 1. The van der Waals surface area contributed by atoms with Crippen molar-refractivity contribution >= 4 is 40.0 Å². The van der Waals surface area contributed by atoms with Gasteiger partial charge in [-0.25, -0.2) is 4.79 Å². The number of rotatable bonds is 4. The van der Waals surface area contributed by atoms with Gasteiger partial charge in [-0.3, -0.25) is 9.69 Å². The van der Waals surface area contributed by atoms with Crippen LogP contribution in [-0.4, -0.2) is 33.7 Å². The Morgan fingerprint density at radius 3 is 2.53 bits per heavy atom. The number of allylic oxidation sites excluding steroid dienone is 1. The molecule has 3 aromatic carbocycles. The van der Waals surface area contributed by atoms with E-state index in [0.717, 1.165) is 22.6 Å². The molecule has 0 saturated carbocycles. The highest BCUT2D eigenvalue weighted by Crippen LogP contribution is 2.47. The van der Waals surface area contributed by atoms with Gasteiger partial charge in [-0.05, 0) is 39.8 Å². The zero-order valence-electron chi connectivity index (χ0n) is 16.3. The predicted octanol–water partition coefficient (Wildman–Crippen LogP) is 4.80. The maximum Gasteiger partial charge on any atom is 0.327 e. The number of thioether (sulfide) groups is 1. The summed E-state index contributed by atoms with van der Waals surface area (Å²) in [6.45, 7) is 0. The zero-order valence-corrected chi connectivity index (χ0v) is 17.1. The number of fused-ring (bicyclic) bond motifs is 2. The Balaban J connectivity index is 1.62. The van der Waals surface area contributed by atoms with Crippen molar-refractivity contribution in [2.75, 3.05) is 5.75 Å². The first-order valence-corrected chi connectivity index (χ1v) is 11.1. The van der Waals surface area contributed by atoms with Crippen molar-refractivity contribution < 1.29 is 14.7 Å². The van der Waals surface area contributed by atoms with Gasteiger partial charge in [0, 0.05) is 12.2 Å². The molecule has 2 unspecified atom stereocenters. The second kappa shape index (κ2) is 7.65. The van der Waals surface area contributed by atoms with Gasteiger partial charge in [0.15, 0.2) is 0 Å². The molecule has 1 fully saturated rings. The SMILES string of the molecule is O=C(O)C1CSC2=C(c3ccccc3)C(Cc3cccc4ccccc34)CC(=O)N21. The molecule has 0 aromatic heterocycles. The highest BCUT2D eigenvalue weighted by atomic mass is 32.2. The molecular weight excluding hydrogens is 394 g/mol. The summed E-state index contributed by atoms with van der Waals surface area (Å²) in [4.78, 5) is 26.3. The molecule has 3 aromatic rings. The average Bonchev–Trinajstić information content (AvgIpc) is 3.21. The van der Waals surface area contributed by atoms with Crippen molar-refractivity contribution in [2.45, 2.75) is 18.9 Å². The van der Waals surface area contributed by atoms with Crippen molar-refractivity contribution in [3.8, 4) is 0 Å². The highest BCUT2D eigenvalue weighted by molar-refractivity contribution is 8.03. The summed E-state index contributed by atoms with van der Waals surface area (Å²) in [6.07, 6.45) is 1.06. The minimum atomic E-state index is -0.939. The fourth-order valence-electron chi connectivity index (χ4n) is 4.59. The van der Waals surface area contributed by atoms with Gasteiger partial charge in [0.1, 0.15) is 6.04 Å². The molecule has 4 nitrogen and oxygen atoms in total. The van der Waals surface area contributed by atoms with Crippen LogP contribution < -0.4 is 0 Å². The fourth-order valence-corrected chi connectivity index (χ4v) is 6.01. The van der Waals surface area contributed by atoms with E-state index < -0.39 is 12.0 Å². The minimum Gasteiger partial charge on any atom is -0.480 e. The molecule has 5 heteroatoms. The summed E-state index contributed by atoms with van der Waals surface area (Å²) in [5.74, 6) is -0.622. The third-order valence-electron chi connectivity index (χ3n) is 5.95. The van der Waals surface area contributed by atoms with Gasteiger partial charge in [-0.1, -0.05) is 72.8 Å². The number of aliphatic carboxylic acids is 1. The first-order valence-electron chi connectivity index (χ1n) is 10.1. The maximum absolute atomic E-state index is 13.0. The van der Waals surface area contributed by atoms with Crippen molar-refractivity contribution in [1.29, 1.82) is 0 Å². The van der Waals surface area contributed by atoms with E-state index in [2.05, 4.69) is 42.5 Å². The summed E-state index contributed by atoms with van der Waals surface area (Å²) in [6, 6.07) is 23.9. The lowest BCUT2D eigenvalue weighted by Gasteiger charge is -2.34. The predicted molar refractivity (Wildman–Crippen MR) is 120 cm³/mol. The molecule has 1 amide bonds. The molecule has 0 spiro atoms. The molecule has 0 bridgehead atoms. The molecule has 1 N–H and O–H groups in total. The van der Waals surface area contributed by atoms with E-state index >= 15 is 0 Å². The van der Waals surface area contributed by atoms with Gasteiger partial charge >= 0.3 is 5.97 Å². The number of carboxylic acid groups (broad SMARTS) is 1. The van der Waals surface area contributed by atoms with Crippen LogP contribution in [0.1, 0.15) is 17.5 Å². The second-order valence-corrected chi connectivity index (χ2v) is 8.77. The molecule has 0 aliphatic carbocycles. The van der Waals surface area contributed by atoms with Gasteiger partial charge in [0.2, 0.25) is 5.91 Å². The Morgan fingerprint density at radius 2 is 1.73 bits per heavy atom. The number of carbonyl (C=O) groups is 2. The Kier molecular flexibility index (Phi) is 4.83. The lowest BCUT2D eigenvalue weighted by atomic mass is 9.82. The van der Waals surface area contributed by atoms with E-state index in [4.69, 9.17) is 0 Å². The van der Waals surface area contributed by atoms with Crippen LogP contribution in [0.25, 0.3) is 16.3 Å². The van der Waals surface area contributed by atoms with E-state index in [0.29, 0.717) is 12.2 Å². The third kappa shape index (κ3) is 3.19. The van der Waals surface area contributed by atoms with Crippen LogP contribution in [0.5, 0.6) is 0 Å². The smallest absolute Gasteiger partial charge is 0.327 e. The monoisotopic (exact) mass is 415 g/mol. The van der Waals surface area contributed by atoms with Crippen molar-refractivity contribution in [3.05, 3.63) is 89.0 Å². The van der Waals surface area contributed by atoms with Crippen molar-refractivity contribution in [3.63, 3.8) is 0 Å². The Labute approximate surface area is 179 Å². The lowest BCUT2D eigenvalue weighted by molar-refractivity contribution is -0.147. The molecule has 2 aliphatic heterocycles. The summed E-state index contributed by atoms with van der Waals surface area (Å²) >= 11 is 1.49. The summed E-state index contributed by atoms with van der Waals surface area (Å²) in [7, 11) is 0. The number of nitrogens with zero attached hydrogens (tertiary/aromatic N) is 1. The van der Waals surface area contributed by atoms with Gasteiger partial charge in [-0.2, -0.15) is 0 Å². The van der Waals surface area contributed by atoms with Gasteiger partial charge in [0.25, 0.3) is 0 Å². The van der Waals surface area contributed by atoms with Crippen LogP contribution in [0, 0.1) is 5.92 Å². The topological polar surface area (TPSA) is 57.6 Å². The second-order valence-electron chi connectivity index (χ2n) is 7.76. The van der Waals surface area contributed by atoms with E-state index in [-0.39, 0.29) is 11.8 Å². The number of carboxylic acids is 1. The Bertz CT molecular complexity index is 1170. The van der Waals surface area contributed by atoms with Crippen LogP contribution in [-0.2, 0) is 16.0 Å². The van der Waals surface area contributed by atoms with Crippen LogP contribution in [0.15, 0.2) is 77.8 Å². The average molecular weight is 416 g/mol. The van der Waals surface area contributed by atoms with E-state index in [1.807, 2.05) is 30.3 Å². The molecule has 1 saturated heterocycles. The van der Waals surface area contributed by atoms with E-state index in [1.165, 1.54) is 33.0 Å². The standard InChI is InChI=1S/C25H21NO3S/c27-22-14-19(13-18-11-6-10-16-7-4-5-12-20(16)18)23(17-8-2-1-3-9-17)24-26(22)21(15-30-24)25(28)29/h1-12,19,21H,13-15H2,(H,28,29). The van der Waals surface area contributed by atoms with Gasteiger partial charge in [-0.15, -0.1) is 11.8 Å². The Morgan fingerprint density at radius 1 is 1.00 bits per heavy atom. The normalized spacial score (nSPS) is 21.2. The molecule has 0 radical (unpaired) electrons. The van der Waals surface area contributed by atoms with Crippen LogP contribution in [0.3, 0.4) is 0 Å². The molecule has 2 atom stereocenters. The highest BCUT2D eigenvalue weighted by Gasteiger charge is 2.45. The summed E-state index contributed by atoms with van der Waals surface area (Å²) in [5, 5.41) is 12.8. The quantitative estimate of drug-likeness (QED) is 0.665. The Hall–Kier alpha value is -3.05. The molecule has 2 aliphatic rings. The fraction of sp³-hybridized carbons (Fsp3) is 0.200. The van der Waals surface area contributed by atoms with Crippen LogP contribution >= 0.6 is 11.8 Å². The summed E-state index contributed by atoms with van der Waals surface area (Å²) < 4.78 is 0. The minimum absolute atomic E-state index is 0.0111. The van der Waals surface area contributed by atoms with Gasteiger partial charge < -0.3 is 5.11 Å². The van der Waals surface area contributed by atoms with Crippen molar-refractivity contribution in [2.24, 2.45) is 5.92 Å². The van der Waals surface area contributed by atoms with E-state index in [1.54, 1.807) is 0 Å². The number of amides is 1. The molecule has 5 rings (SSSR count). The number of carbonyl (C=O) groups excluding carboxylic acids is 1.